The second-order valence-corrected chi connectivity index (χ2v) is 7.23. The number of rotatable bonds is 4. The number of fused-ring (bicyclic) bond motifs is 1. The Morgan fingerprint density at radius 1 is 1.27 bits per heavy atom. The largest absolute Gasteiger partial charge is 0.461 e. The van der Waals surface area contributed by atoms with Gasteiger partial charge < -0.3 is 9.64 Å². The zero-order valence-corrected chi connectivity index (χ0v) is 16.2. The molecule has 1 aromatic carbocycles. The van der Waals surface area contributed by atoms with E-state index in [1.54, 1.807) is 23.7 Å². The standard InChI is InChI=1S/C17H16Cl3N3O3/c1-2-26-17(25)14-12-9-22(16(24)15(19)20)8-7-13(12)23(21-14)11-5-3-10(18)4-6-11/h3-6,15H,2,7-9H2,1H3. The van der Waals surface area contributed by atoms with E-state index in [9.17, 15) is 9.59 Å². The maximum atomic E-state index is 12.4. The second-order valence-electron chi connectivity index (χ2n) is 5.69. The SMILES string of the molecule is CCOC(=O)c1nn(-c2ccc(Cl)cc2)c2c1CN(C(=O)C(Cl)Cl)CC2. The molecule has 2 heterocycles. The van der Waals surface area contributed by atoms with Gasteiger partial charge in [0.05, 0.1) is 24.5 Å². The van der Waals surface area contributed by atoms with E-state index in [0.29, 0.717) is 23.6 Å². The molecule has 26 heavy (non-hydrogen) atoms. The lowest BCUT2D eigenvalue weighted by molar-refractivity contribution is -0.130. The molecule has 1 aliphatic heterocycles. The number of carbonyl (C=O) groups excluding carboxylic acids is 2. The fraction of sp³-hybridized carbons (Fsp3) is 0.353. The highest BCUT2D eigenvalue weighted by molar-refractivity contribution is 6.53. The van der Waals surface area contributed by atoms with Crippen molar-refractivity contribution in [1.29, 1.82) is 0 Å². The summed E-state index contributed by atoms with van der Waals surface area (Å²) in [5, 5.41) is 5.05. The van der Waals surface area contributed by atoms with Gasteiger partial charge in [0, 0.05) is 23.6 Å². The predicted octanol–water partition coefficient (Wildman–Crippen LogP) is 3.39. The van der Waals surface area contributed by atoms with Crippen LogP contribution in [0, 0.1) is 0 Å². The summed E-state index contributed by atoms with van der Waals surface area (Å²) >= 11 is 17.4. The molecule has 0 atom stereocenters. The van der Waals surface area contributed by atoms with E-state index in [4.69, 9.17) is 39.5 Å². The molecule has 0 saturated carbocycles. The molecule has 0 N–H and O–H groups in total. The molecule has 0 unspecified atom stereocenters. The fourth-order valence-corrected chi connectivity index (χ4v) is 3.31. The minimum atomic E-state index is -1.14. The fourth-order valence-electron chi connectivity index (χ4n) is 2.90. The van der Waals surface area contributed by atoms with Gasteiger partial charge in [0.1, 0.15) is 0 Å². The third-order valence-corrected chi connectivity index (χ3v) is 4.72. The van der Waals surface area contributed by atoms with E-state index >= 15 is 0 Å². The van der Waals surface area contributed by atoms with Crippen molar-refractivity contribution in [3.8, 4) is 5.69 Å². The van der Waals surface area contributed by atoms with Crippen LogP contribution in [0.5, 0.6) is 0 Å². The van der Waals surface area contributed by atoms with E-state index in [-0.39, 0.29) is 18.8 Å². The van der Waals surface area contributed by atoms with Gasteiger partial charge in [-0.2, -0.15) is 5.10 Å². The number of halogens is 3. The van der Waals surface area contributed by atoms with Crippen LogP contribution < -0.4 is 0 Å². The van der Waals surface area contributed by atoms with Crippen LogP contribution in [0.3, 0.4) is 0 Å². The molecule has 0 fully saturated rings. The summed E-state index contributed by atoms with van der Waals surface area (Å²) in [4.78, 5) is 24.9. The van der Waals surface area contributed by atoms with Crippen molar-refractivity contribution in [2.75, 3.05) is 13.2 Å². The summed E-state index contributed by atoms with van der Waals surface area (Å²) in [6.07, 6.45) is 0.511. The summed E-state index contributed by atoms with van der Waals surface area (Å²) in [5.74, 6) is -0.924. The third kappa shape index (κ3) is 3.68. The first-order valence-electron chi connectivity index (χ1n) is 8.03. The molecule has 1 aromatic heterocycles. The van der Waals surface area contributed by atoms with Gasteiger partial charge in [-0.25, -0.2) is 9.48 Å². The van der Waals surface area contributed by atoms with Gasteiger partial charge in [-0.15, -0.1) is 0 Å². The van der Waals surface area contributed by atoms with Crippen molar-refractivity contribution in [3.63, 3.8) is 0 Å². The Kier molecular flexibility index (Phi) is 5.75. The number of nitrogens with zero attached hydrogens (tertiary/aromatic N) is 3. The van der Waals surface area contributed by atoms with Crippen molar-refractivity contribution in [2.24, 2.45) is 0 Å². The molecule has 0 radical (unpaired) electrons. The molecule has 0 bridgehead atoms. The quantitative estimate of drug-likeness (QED) is 0.566. The predicted molar refractivity (Wildman–Crippen MR) is 99.1 cm³/mol. The lowest BCUT2D eigenvalue weighted by Crippen LogP contribution is -2.39. The number of benzene rings is 1. The summed E-state index contributed by atoms with van der Waals surface area (Å²) in [7, 11) is 0. The van der Waals surface area contributed by atoms with Gasteiger partial charge in [0.2, 0.25) is 0 Å². The van der Waals surface area contributed by atoms with Crippen LogP contribution in [0.15, 0.2) is 24.3 Å². The Hall–Kier alpha value is -1.76. The molecule has 6 nitrogen and oxygen atoms in total. The van der Waals surface area contributed by atoms with Crippen LogP contribution >= 0.6 is 34.8 Å². The zero-order chi connectivity index (χ0) is 18.8. The highest BCUT2D eigenvalue weighted by Gasteiger charge is 2.32. The van der Waals surface area contributed by atoms with Crippen LogP contribution in [0.2, 0.25) is 5.02 Å². The zero-order valence-electron chi connectivity index (χ0n) is 13.9. The molecule has 1 aliphatic rings. The molecule has 138 valence electrons. The average Bonchev–Trinajstić information content (AvgIpc) is 3.00. The minimum absolute atomic E-state index is 0.190. The monoisotopic (exact) mass is 415 g/mol. The summed E-state index contributed by atoms with van der Waals surface area (Å²) in [6, 6.07) is 7.13. The van der Waals surface area contributed by atoms with E-state index in [1.807, 2.05) is 12.1 Å². The van der Waals surface area contributed by atoms with Gasteiger partial charge in [-0.1, -0.05) is 34.8 Å². The Morgan fingerprint density at radius 2 is 1.96 bits per heavy atom. The maximum absolute atomic E-state index is 12.4. The first kappa shape index (κ1) is 19.0. The van der Waals surface area contributed by atoms with E-state index in [1.165, 1.54) is 4.90 Å². The number of hydrogen-bond acceptors (Lipinski definition) is 4. The first-order chi connectivity index (χ1) is 12.4. The molecule has 3 rings (SSSR count). The minimum Gasteiger partial charge on any atom is -0.461 e. The highest BCUT2D eigenvalue weighted by Crippen LogP contribution is 2.27. The number of alkyl halides is 2. The van der Waals surface area contributed by atoms with Gasteiger partial charge in [-0.3, -0.25) is 4.79 Å². The molecule has 0 aliphatic carbocycles. The van der Waals surface area contributed by atoms with Crippen LogP contribution in [0.25, 0.3) is 5.69 Å². The van der Waals surface area contributed by atoms with Crippen molar-refractivity contribution < 1.29 is 14.3 Å². The lowest BCUT2D eigenvalue weighted by Gasteiger charge is -2.28. The Balaban J connectivity index is 2.04. The van der Waals surface area contributed by atoms with E-state index in [0.717, 1.165) is 11.4 Å². The Bertz CT molecular complexity index is 834. The maximum Gasteiger partial charge on any atom is 0.359 e. The Labute approximate surface area is 165 Å². The average molecular weight is 417 g/mol. The number of aromatic nitrogens is 2. The second kappa shape index (κ2) is 7.86. The van der Waals surface area contributed by atoms with Crippen molar-refractivity contribution in [2.45, 2.75) is 24.7 Å². The van der Waals surface area contributed by atoms with E-state index < -0.39 is 16.7 Å². The number of hydrogen-bond donors (Lipinski definition) is 0. The van der Waals surface area contributed by atoms with E-state index in [2.05, 4.69) is 5.10 Å². The molecule has 0 spiro atoms. The van der Waals surface area contributed by atoms with Gasteiger partial charge >= 0.3 is 5.97 Å². The molecular formula is C17H16Cl3N3O3. The summed E-state index contributed by atoms with van der Waals surface area (Å²) in [6.45, 7) is 2.59. The van der Waals surface area contributed by atoms with Gasteiger partial charge in [0.25, 0.3) is 5.91 Å². The van der Waals surface area contributed by atoms with Gasteiger partial charge in [-0.05, 0) is 31.2 Å². The first-order valence-corrected chi connectivity index (χ1v) is 9.28. The topological polar surface area (TPSA) is 64.4 Å². The smallest absolute Gasteiger partial charge is 0.359 e. The van der Waals surface area contributed by atoms with Crippen LogP contribution in [0.4, 0.5) is 0 Å². The number of esters is 1. The molecular weight excluding hydrogens is 401 g/mol. The summed E-state index contributed by atoms with van der Waals surface area (Å²) < 4.78 is 6.81. The van der Waals surface area contributed by atoms with Crippen LogP contribution in [0.1, 0.15) is 28.7 Å². The van der Waals surface area contributed by atoms with Crippen LogP contribution in [-0.4, -0.2) is 44.5 Å². The molecule has 9 heteroatoms. The van der Waals surface area contributed by atoms with Crippen LogP contribution in [-0.2, 0) is 22.5 Å². The van der Waals surface area contributed by atoms with Crippen molar-refractivity contribution in [1.82, 2.24) is 14.7 Å². The molecule has 0 saturated heterocycles. The Morgan fingerprint density at radius 3 is 2.58 bits per heavy atom. The normalized spacial score (nSPS) is 13.7. The third-order valence-electron chi connectivity index (χ3n) is 4.10. The highest BCUT2D eigenvalue weighted by atomic mass is 35.5. The lowest BCUT2D eigenvalue weighted by atomic mass is 10.0. The number of ether oxygens (including phenoxy) is 1. The number of carbonyl (C=O) groups is 2. The van der Waals surface area contributed by atoms with Crippen molar-refractivity contribution >= 4 is 46.7 Å². The summed E-state index contributed by atoms with van der Waals surface area (Å²) in [5.41, 5.74) is 2.45. The molecule has 1 amide bonds. The van der Waals surface area contributed by atoms with Gasteiger partial charge in [0.15, 0.2) is 10.5 Å². The van der Waals surface area contributed by atoms with Crippen molar-refractivity contribution in [3.05, 3.63) is 46.2 Å². The number of amides is 1. The molecule has 2 aromatic rings.